The molecule has 5 heteroatoms. The van der Waals surface area contributed by atoms with Crippen molar-refractivity contribution in [3.05, 3.63) is 10.7 Å². The van der Waals surface area contributed by atoms with Crippen molar-refractivity contribution < 1.29 is 24.0 Å². The SMILES string of the molecule is CCCC[N+](C)=c1cc(SC)ss1.[I-]. The van der Waals surface area contributed by atoms with E-state index in [1.54, 1.807) is 0 Å². The van der Waals surface area contributed by atoms with Crippen LogP contribution in [0.2, 0.25) is 0 Å². The lowest BCUT2D eigenvalue weighted by Gasteiger charge is -1.91. The van der Waals surface area contributed by atoms with Gasteiger partial charge in [0.05, 0.1) is 4.21 Å². The van der Waals surface area contributed by atoms with Crippen molar-refractivity contribution >= 4 is 32.4 Å². The van der Waals surface area contributed by atoms with Crippen molar-refractivity contribution in [1.82, 2.24) is 4.58 Å². The molecule has 1 aromatic rings. The highest BCUT2D eigenvalue weighted by Crippen LogP contribution is 2.20. The lowest BCUT2D eigenvalue weighted by atomic mass is 10.3. The molecule has 14 heavy (non-hydrogen) atoms. The Balaban J connectivity index is 0.00000169. The van der Waals surface area contributed by atoms with Crippen molar-refractivity contribution in [3.63, 3.8) is 0 Å². The number of hydrogen-bond donors (Lipinski definition) is 0. The van der Waals surface area contributed by atoms with E-state index < -0.39 is 0 Å². The van der Waals surface area contributed by atoms with Gasteiger partial charge in [-0.15, -0.1) is 11.8 Å². The number of thioether (sulfide) groups is 1. The van der Waals surface area contributed by atoms with Crippen molar-refractivity contribution in [2.24, 2.45) is 0 Å². The van der Waals surface area contributed by atoms with Crippen molar-refractivity contribution in [3.8, 4) is 0 Å². The molecule has 0 N–H and O–H groups in total. The molecule has 0 aliphatic rings. The van der Waals surface area contributed by atoms with Crippen LogP contribution >= 0.6 is 32.4 Å². The van der Waals surface area contributed by atoms with Gasteiger partial charge in [-0.05, 0) is 16.6 Å². The Labute approximate surface area is 115 Å². The molecular formula is C9H16INS3. The zero-order valence-corrected chi connectivity index (χ0v) is 13.4. The predicted molar refractivity (Wildman–Crippen MR) is 64.9 cm³/mol. The minimum atomic E-state index is 0. The number of nitrogens with zero attached hydrogens (tertiary/aromatic N) is 1. The summed E-state index contributed by atoms with van der Waals surface area (Å²) in [5.74, 6) is 0. The van der Waals surface area contributed by atoms with Gasteiger partial charge in [0.1, 0.15) is 13.6 Å². The highest BCUT2D eigenvalue weighted by atomic mass is 127. The molecule has 82 valence electrons. The van der Waals surface area contributed by atoms with Crippen molar-refractivity contribution in [1.29, 1.82) is 0 Å². The second kappa shape index (κ2) is 8.13. The molecule has 0 aliphatic heterocycles. The van der Waals surface area contributed by atoms with Gasteiger partial charge in [0.2, 0.25) is 0 Å². The molecule has 0 amide bonds. The molecular weight excluding hydrogens is 345 g/mol. The number of halogens is 1. The van der Waals surface area contributed by atoms with Crippen LogP contribution in [0, 0.1) is 0 Å². The minimum Gasteiger partial charge on any atom is -1.00 e. The van der Waals surface area contributed by atoms with Gasteiger partial charge < -0.3 is 24.0 Å². The zero-order chi connectivity index (χ0) is 9.68. The minimum absolute atomic E-state index is 0. The topological polar surface area (TPSA) is 3.01 Å². The molecule has 0 aliphatic carbocycles. The third-order valence-electron chi connectivity index (χ3n) is 1.87. The van der Waals surface area contributed by atoms with Crippen LogP contribution in [0.1, 0.15) is 19.8 Å². The van der Waals surface area contributed by atoms with Gasteiger partial charge in [-0.2, -0.15) is 0 Å². The van der Waals surface area contributed by atoms with Crippen LogP contribution in [0.25, 0.3) is 0 Å². The average Bonchev–Trinajstić information content (AvgIpc) is 2.62. The van der Waals surface area contributed by atoms with Gasteiger partial charge >= 0.3 is 0 Å². The van der Waals surface area contributed by atoms with E-state index in [1.807, 2.05) is 32.4 Å². The van der Waals surface area contributed by atoms with Crippen molar-refractivity contribution in [2.75, 3.05) is 19.8 Å². The summed E-state index contributed by atoms with van der Waals surface area (Å²) >= 11 is 1.83. The van der Waals surface area contributed by atoms with E-state index in [9.17, 15) is 0 Å². The smallest absolute Gasteiger partial charge is 0.267 e. The number of rotatable bonds is 4. The van der Waals surface area contributed by atoms with Crippen LogP contribution in [0.15, 0.2) is 10.3 Å². The van der Waals surface area contributed by atoms with Gasteiger partial charge in [0.25, 0.3) is 4.67 Å². The fourth-order valence-electron chi connectivity index (χ4n) is 1.00. The lowest BCUT2D eigenvalue weighted by Crippen LogP contribution is -3.00. The lowest BCUT2D eigenvalue weighted by molar-refractivity contribution is -0.00000269. The molecule has 0 radical (unpaired) electrons. The van der Waals surface area contributed by atoms with Gasteiger partial charge in [-0.25, -0.2) is 4.58 Å². The maximum absolute atomic E-state index is 2.35. The van der Waals surface area contributed by atoms with Crippen LogP contribution in [0.4, 0.5) is 0 Å². The summed E-state index contributed by atoms with van der Waals surface area (Å²) in [4.78, 5) is 0. The molecule has 1 aromatic heterocycles. The van der Waals surface area contributed by atoms with Crippen LogP contribution in [0.3, 0.4) is 0 Å². The first-order chi connectivity index (χ1) is 6.27. The van der Waals surface area contributed by atoms with Crippen molar-refractivity contribution in [2.45, 2.75) is 24.0 Å². The maximum atomic E-state index is 2.35. The second-order valence-electron chi connectivity index (χ2n) is 2.95. The predicted octanol–water partition coefficient (Wildman–Crippen LogP) is -0.262. The zero-order valence-electron chi connectivity index (χ0n) is 8.75. The molecule has 0 saturated heterocycles. The molecule has 0 spiro atoms. The van der Waals surface area contributed by atoms with E-state index in [0.29, 0.717) is 0 Å². The van der Waals surface area contributed by atoms with Crippen LogP contribution < -0.4 is 33.2 Å². The molecule has 0 bridgehead atoms. The fourth-order valence-corrected chi connectivity index (χ4v) is 4.46. The third kappa shape index (κ3) is 4.63. The van der Waals surface area contributed by atoms with Crippen LogP contribution in [-0.2, 0) is 0 Å². The van der Waals surface area contributed by atoms with E-state index in [0.717, 1.165) is 0 Å². The highest BCUT2D eigenvalue weighted by Gasteiger charge is 2.02. The Bertz CT molecular complexity index is 316. The molecule has 1 heterocycles. The van der Waals surface area contributed by atoms with Gasteiger partial charge in [-0.1, -0.05) is 23.7 Å². The van der Waals surface area contributed by atoms with Crippen LogP contribution in [-0.4, -0.2) is 19.8 Å². The van der Waals surface area contributed by atoms with Crippen LogP contribution in [0.5, 0.6) is 0 Å². The maximum Gasteiger partial charge on any atom is 0.267 e. The summed E-state index contributed by atoms with van der Waals surface area (Å²) in [5, 5.41) is 0. The molecule has 0 unspecified atom stereocenters. The Kier molecular flexibility index (Phi) is 8.66. The highest BCUT2D eigenvalue weighted by molar-refractivity contribution is 8.02. The number of unbranched alkanes of at least 4 members (excludes halogenated alkanes) is 1. The summed E-state index contributed by atoms with van der Waals surface area (Å²) < 4.78 is 5.18. The molecule has 0 fully saturated rings. The fraction of sp³-hybridized carbons (Fsp3) is 0.667. The monoisotopic (exact) mass is 361 g/mol. The molecule has 0 aromatic carbocycles. The van der Waals surface area contributed by atoms with E-state index in [1.165, 1.54) is 28.3 Å². The molecule has 1 nitrogen and oxygen atoms in total. The quantitative estimate of drug-likeness (QED) is 0.309. The number of hydrogen-bond acceptors (Lipinski definition) is 3. The summed E-state index contributed by atoms with van der Waals surface area (Å²) in [6, 6.07) is 2.29. The Hall–Kier alpha value is 0.930. The molecule has 1 rings (SSSR count). The Morgan fingerprint density at radius 3 is 2.64 bits per heavy atom. The summed E-state index contributed by atoms with van der Waals surface area (Å²) in [6.45, 7) is 3.41. The Morgan fingerprint density at radius 2 is 2.14 bits per heavy atom. The third-order valence-corrected chi connectivity index (χ3v) is 5.73. The second-order valence-corrected chi connectivity index (χ2v) is 6.25. The first-order valence-electron chi connectivity index (χ1n) is 4.46. The van der Waals surface area contributed by atoms with Gasteiger partial charge in [0, 0.05) is 12.5 Å². The van der Waals surface area contributed by atoms with Gasteiger partial charge in [-0.3, -0.25) is 0 Å². The Morgan fingerprint density at radius 1 is 1.43 bits per heavy atom. The molecule has 0 atom stereocenters. The largest absolute Gasteiger partial charge is 1.00 e. The summed E-state index contributed by atoms with van der Waals surface area (Å²) in [6.07, 6.45) is 4.69. The van der Waals surface area contributed by atoms with Gasteiger partial charge in [0.15, 0.2) is 0 Å². The summed E-state index contributed by atoms with van der Waals surface area (Å²) in [7, 11) is 5.93. The summed E-state index contributed by atoms with van der Waals surface area (Å²) in [5.41, 5.74) is 0. The molecule has 0 saturated carbocycles. The van der Waals surface area contributed by atoms with E-state index in [2.05, 4.69) is 30.9 Å². The van der Waals surface area contributed by atoms with E-state index in [-0.39, 0.29) is 24.0 Å². The van der Waals surface area contributed by atoms with E-state index in [4.69, 9.17) is 0 Å². The first kappa shape index (κ1) is 14.9. The normalized spacial score (nSPS) is 12.2. The van der Waals surface area contributed by atoms with E-state index >= 15 is 0 Å². The average molecular weight is 361 g/mol. The standard InChI is InChI=1S/C9H16NS3.HI/c1-4-5-6-10(2)8-7-9(11-3)13-12-8;/h7H,4-6H2,1-3H3;1H/q+1;/p-1. The first-order valence-corrected chi connectivity index (χ1v) is 7.83.